The van der Waals surface area contributed by atoms with Crippen LogP contribution >= 0.6 is 11.8 Å². The zero-order chi connectivity index (χ0) is 11.1. The Morgan fingerprint density at radius 1 is 1.13 bits per heavy atom. The standard InChI is InChI=1S/C12H26N2S/c1-12(2,3)13-6-4-5-7-14-8-10-15-11-9-14/h13H,4-11H2,1-3H3. The van der Waals surface area contributed by atoms with Crippen LogP contribution in [0, 0.1) is 0 Å². The molecular formula is C12H26N2S. The third-order valence-electron chi connectivity index (χ3n) is 2.66. The largest absolute Gasteiger partial charge is 0.312 e. The van der Waals surface area contributed by atoms with Crippen molar-refractivity contribution in [3.05, 3.63) is 0 Å². The number of nitrogens with one attached hydrogen (secondary N) is 1. The number of hydrogen-bond acceptors (Lipinski definition) is 3. The van der Waals surface area contributed by atoms with E-state index in [-0.39, 0.29) is 5.54 Å². The second-order valence-electron chi connectivity index (χ2n) is 5.34. The van der Waals surface area contributed by atoms with Crippen molar-refractivity contribution in [1.82, 2.24) is 10.2 Å². The topological polar surface area (TPSA) is 15.3 Å². The fourth-order valence-corrected chi connectivity index (χ4v) is 2.73. The van der Waals surface area contributed by atoms with Crippen molar-refractivity contribution in [2.45, 2.75) is 39.2 Å². The molecule has 3 heteroatoms. The van der Waals surface area contributed by atoms with Gasteiger partial charge in [0.1, 0.15) is 0 Å². The van der Waals surface area contributed by atoms with E-state index in [1.54, 1.807) is 0 Å². The number of rotatable bonds is 5. The minimum atomic E-state index is 0.280. The minimum absolute atomic E-state index is 0.280. The Bertz CT molecular complexity index is 159. The molecule has 90 valence electrons. The maximum Gasteiger partial charge on any atom is 0.00965 e. The summed E-state index contributed by atoms with van der Waals surface area (Å²) in [7, 11) is 0. The molecule has 2 nitrogen and oxygen atoms in total. The number of nitrogens with zero attached hydrogens (tertiary/aromatic N) is 1. The second kappa shape index (κ2) is 6.77. The number of hydrogen-bond donors (Lipinski definition) is 1. The zero-order valence-corrected chi connectivity index (χ0v) is 11.3. The quantitative estimate of drug-likeness (QED) is 0.729. The summed E-state index contributed by atoms with van der Waals surface area (Å²) < 4.78 is 0. The molecule has 1 aliphatic rings. The summed E-state index contributed by atoms with van der Waals surface area (Å²) in [6.45, 7) is 11.8. The molecule has 0 aromatic heterocycles. The van der Waals surface area contributed by atoms with Crippen LogP contribution in [0.4, 0.5) is 0 Å². The molecule has 0 atom stereocenters. The van der Waals surface area contributed by atoms with Crippen LogP contribution in [0.25, 0.3) is 0 Å². The summed E-state index contributed by atoms with van der Waals surface area (Å²) >= 11 is 2.09. The average molecular weight is 230 g/mol. The third kappa shape index (κ3) is 7.20. The van der Waals surface area contributed by atoms with Gasteiger partial charge in [0.2, 0.25) is 0 Å². The van der Waals surface area contributed by atoms with E-state index < -0.39 is 0 Å². The monoisotopic (exact) mass is 230 g/mol. The van der Waals surface area contributed by atoms with E-state index in [1.165, 1.54) is 44.0 Å². The SMILES string of the molecule is CC(C)(C)NCCCCN1CCSCC1. The summed E-state index contributed by atoms with van der Waals surface area (Å²) in [4.78, 5) is 2.60. The van der Waals surface area contributed by atoms with Crippen molar-refractivity contribution in [1.29, 1.82) is 0 Å². The lowest BCUT2D eigenvalue weighted by molar-refractivity contribution is 0.292. The molecule has 0 saturated carbocycles. The van der Waals surface area contributed by atoms with E-state index in [0.29, 0.717) is 0 Å². The fourth-order valence-electron chi connectivity index (χ4n) is 1.75. The molecule has 0 amide bonds. The van der Waals surface area contributed by atoms with Gasteiger partial charge in [-0.1, -0.05) is 0 Å². The molecule has 1 aliphatic heterocycles. The molecule has 0 unspecified atom stereocenters. The molecule has 1 saturated heterocycles. The smallest absolute Gasteiger partial charge is 0.00965 e. The van der Waals surface area contributed by atoms with Crippen LogP contribution in [0.5, 0.6) is 0 Å². The van der Waals surface area contributed by atoms with E-state index in [0.717, 1.165) is 6.54 Å². The lowest BCUT2D eigenvalue weighted by atomic mass is 10.1. The highest BCUT2D eigenvalue weighted by atomic mass is 32.2. The highest BCUT2D eigenvalue weighted by Crippen LogP contribution is 2.09. The van der Waals surface area contributed by atoms with Crippen LogP contribution in [0.15, 0.2) is 0 Å². The molecule has 15 heavy (non-hydrogen) atoms. The van der Waals surface area contributed by atoms with Crippen LogP contribution in [0.2, 0.25) is 0 Å². The average Bonchev–Trinajstić information content (AvgIpc) is 2.17. The lowest BCUT2D eigenvalue weighted by Crippen LogP contribution is -2.37. The lowest BCUT2D eigenvalue weighted by Gasteiger charge is -2.26. The Balaban J connectivity index is 1.92. The first-order valence-corrected chi connectivity index (χ1v) is 7.28. The van der Waals surface area contributed by atoms with Crippen LogP contribution in [0.1, 0.15) is 33.6 Å². The Labute approximate surface area is 99.2 Å². The summed E-state index contributed by atoms with van der Waals surface area (Å²) in [5.74, 6) is 2.67. The van der Waals surface area contributed by atoms with E-state index >= 15 is 0 Å². The van der Waals surface area contributed by atoms with Gasteiger partial charge in [-0.15, -0.1) is 0 Å². The van der Waals surface area contributed by atoms with Gasteiger partial charge in [-0.2, -0.15) is 11.8 Å². The Hall–Kier alpha value is 0.270. The van der Waals surface area contributed by atoms with Gasteiger partial charge >= 0.3 is 0 Å². The Morgan fingerprint density at radius 3 is 2.40 bits per heavy atom. The number of thioether (sulfide) groups is 1. The summed E-state index contributed by atoms with van der Waals surface area (Å²) in [5, 5.41) is 3.54. The van der Waals surface area contributed by atoms with Gasteiger partial charge in [-0.25, -0.2) is 0 Å². The number of unbranched alkanes of at least 4 members (excludes halogenated alkanes) is 1. The van der Waals surface area contributed by atoms with Crippen LogP contribution < -0.4 is 5.32 Å². The molecule has 0 aromatic rings. The third-order valence-corrected chi connectivity index (χ3v) is 3.60. The van der Waals surface area contributed by atoms with Gasteiger partial charge in [0.05, 0.1) is 0 Å². The molecule has 0 aromatic carbocycles. The van der Waals surface area contributed by atoms with Gasteiger partial charge in [0, 0.05) is 30.1 Å². The molecule has 1 N–H and O–H groups in total. The van der Waals surface area contributed by atoms with Crippen molar-refractivity contribution in [3.8, 4) is 0 Å². The molecule has 0 spiro atoms. The molecule has 0 aliphatic carbocycles. The molecule has 0 radical (unpaired) electrons. The summed E-state index contributed by atoms with van der Waals surface area (Å²) in [6, 6.07) is 0. The molecule has 0 bridgehead atoms. The van der Waals surface area contributed by atoms with Gasteiger partial charge in [-0.05, 0) is 46.7 Å². The van der Waals surface area contributed by atoms with Crippen LogP contribution in [-0.4, -0.2) is 48.1 Å². The van der Waals surface area contributed by atoms with Gasteiger partial charge in [0.25, 0.3) is 0 Å². The predicted octanol–water partition coefficient (Wildman–Crippen LogP) is 2.20. The maximum atomic E-state index is 3.54. The van der Waals surface area contributed by atoms with Crippen molar-refractivity contribution in [2.75, 3.05) is 37.7 Å². The predicted molar refractivity (Wildman–Crippen MR) is 70.8 cm³/mol. The first-order chi connectivity index (χ1) is 7.08. The second-order valence-corrected chi connectivity index (χ2v) is 6.56. The van der Waals surface area contributed by atoms with Crippen LogP contribution in [0.3, 0.4) is 0 Å². The van der Waals surface area contributed by atoms with E-state index in [9.17, 15) is 0 Å². The fraction of sp³-hybridized carbons (Fsp3) is 1.00. The molecule has 1 fully saturated rings. The van der Waals surface area contributed by atoms with Crippen molar-refractivity contribution >= 4 is 11.8 Å². The van der Waals surface area contributed by atoms with Crippen molar-refractivity contribution < 1.29 is 0 Å². The first-order valence-electron chi connectivity index (χ1n) is 6.13. The van der Waals surface area contributed by atoms with E-state index in [1.807, 2.05) is 0 Å². The zero-order valence-electron chi connectivity index (χ0n) is 10.5. The Kier molecular flexibility index (Phi) is 6.02. The minimum Gasteiger partial charge on any atom is -0.312 e. The van der Waals surface area contributed by atoms with Crippen molar-refractivity contribution in [3.63, 3.8) is 0 Å². The van der Waals surface area contributed by atoms with E-state index in [2.05, 4.69) is 42.7 Å². The van der Waals surface area contributed by atoms with Gasteiger partial charge in [-0.3, -0.25) is 0 Å². The first kappa shape index (κ1) is 13.3. The van der Waals surface area contributed by atoms with Crippen LogP contribution in [-0.2, 0) is 0 Å². The van der Waals surface area contributed by atoms with Gasteiger partial charge in [0.15, 0.2) is 0 Å². The van der Waals surface area contributed by atoms with Crippen molar-refractivity contribution in [2.24, 2.45) is 0 Å². The normalized spacial score (nSPS) is 19.4. The molecule has 1 heterocycles. The summed E-state index contributed by atoms with van der Waals surface area (Å²) in [6.07, 6.45) is 2.65. The summed E-state index contributed by atoms with van der Waals surface area (Å²) in [5.41, 5.74) is 0.280. The highest BCUT2D eigenvalue weighted by molar-refractivity contribution is 7.99. The van der Waals surface area contributed by atoms with Gasteiger partial charge < -0.3 is 10.2 Å². The Morgan fingerprint density at radius 2 is 1.80 bits per heavy atom. The van der Waals surface area contributed by atoms with E-state index in [4.69, 9.17) is 0 Å². The maximum absolute atomic E-state index is 3.54. The molecule has 1 rings (SSSR count). The molecular weight excluding hydrogens is 204 g/mol. The highest BCUT2D eigenvalue weighted by Gasteiger charge is 2.10.